The molecule has 0 saturated heterocycles. The van der Waals surface area contributed by atoms with Gasteiger partial charge in [0, 0.05) is 17.5 Å². The van der Waals surface area contributed by atoms with Gasteiger partial charge in [-0.1, -0.05) is 59.8 Å². The van der Waals surface area contributed by atoms with Crippen molar-refractivity contribution in [2.24, 2.45) is 0 Å². The number of thioether (sulfide) groups is 1. The van der Waals surface area contributed by atoms with Gasteiger partial charge in [-0.2, -0.15) is 0 Å². The van der Waals surface area contributed by atoms with Crippen molar-refractivity contribution in [2.45, 2.75) is 30.8 Å². The number of hydrogen-bond donors (Lipinski definition) is 1. The first-order valence-corrected chi connectivity index (χ1v) is 13.0. The van der Waals surface area contributed by atoms with Crippen molar-refractivity contribution in [3.8, 4) is 5.69 Å². The first kappa shape index (κ1) is 23.1. The fraction of sp³-hybridized carbons (Fsp3) is 0.154. The van der Waals surface area contributed by atoms with Crippen LogP contribution in [-0.2, 0) is 18.7 Å². The van der Waals surface area contributed by atoms with Crippen molar-refractivity contribution in [1.29, 1.82) is 0 Å². The largest absolute Gasteiger partial charge is 0.467 e. The average Bonchev–Trinajstić information content (AvgIpc) is 3.64. The molecule has 0 radical (unpaired) electrons. The van der Waals surface area contributed by atoms with Crippen LogP contribution in [0.2, 0.25) is 0 Å². The van der Waals surface area contributed by atoms with E-state index in [1.54, 1.807) is 29.5 Å². The summed E-state index contributed by atoms with van der Waals surface area (Å²) in [5, 5.41) is 15.2. The van der Waals surface area contributed by atoms with Crippen LogP contribution in [-0.4, -0.2) is 25.7 Å². The van der Waals surface area contributed by atoms with Gasteiger partial charge < -0.3 is 9.73 Å². The molecule has 3 aromatic heterocycles. The minimum atomic E-state index is -0.220. The number of hydrogen-bond acceptors (Lipinski definition) is 7. The summed E-state index contributed by atoms with van der Waals surface area (Å²) in [5.74, 6) is 1.94. The molecule has 0 aliphatic rings. The molecule has 0 aliphatic heterocycles. The molecule has 0 fully saturated rings. The topological polar surface area (TPSA) is 85.8 Å². The molecule has 0 atom stereocenters. The molecule has 2 aromatic carbocycles. The molecule has 0 saturated carbocycles. The van der Waals surface area contributed by atoms with E-state index in [0.29, 0.717) is 30.2 Å². The van der Waals surface area contributed by atoms with Gasteiger partial charge in [-0.25, -0.2) is 4.98 Å². The molecule has 3 heterocycles. The monoisotopic (exact) mass is 501 g/mol. The smallest absolute Gasteiger partial charge is 0.271 e. The zero-order chi connectivity index (χ0) is 24.0. The van der Waals surface area contributed by atoms with Gasteiger partial charge in [0.2, 0.25) is 0 Å². The summed E-state index contributed by atoms with van der Waals surface area (Å²) >= 11 is 3.02. The Morgan fingerprint density at radius 3 is 2.66 bits per heavy atom. The van der Waals surface area contributed by atoms with Gasteiger partial charge in [0.05, 0.1) is 18.6 Å². The van der Waals surface area contributed by atoms with Gasteiger partial charge in [0.25, 0.3) is 5.91 Å². The highest BCUT2D eigenvalue weighted by Gasteiger charge is 2.17. The predicted molar refractivity (Wildman–Crippen MR) is 137 cm³/mol. The molecular weight excluding hydrogens is 478 g/mol. The average molecular weight is 502 g/mol. The number of amides is 1. The van der Waals surface area contributed by atoms with Gasteiger partial charge >= 0.3 is 0 Å². The minimum Gasteiger partial charge on any atom is -0.467 e. The number of thiazole rings is 1. The SMILES string of the molecule is Cc1ccc(-n2c(Cc3ccccc3)nnc2SCc2nc(C(=O)NCc3ccco3)cs2)cc1. The third-order valence-electron chi connectivity index (χ3n) is 5.31. The number of aromatic nitrogens is 4. The van der Waals surface area contributed by atoms with Crippen molar-refractivity contribution < 1.29 is 9.21 Å². The highest BCUT2D eigenvalue weighted by Crippen LogP contribution is 2.27. The van der Waals surface area contributed by atoms with E-state index in [9.17, 15) is 4.79 Å². The van der Waals surface area contributed by atoms with E-state index in [2.05, 4.69) is 68.4 Å². The van der Waals surface area contributed by atoms with Crippen LogP contribution in [0.5, 0.6) is 0 Å². The number of rotatable bonds is 9. The number of nitrogens with one attached hydrogen (secondary N) is 1. The van der Waals surface area contributed by atoms with E-state index in [0.717, 1.165) is 21.7 Å². The maximum atomic E-state index is 12.4. The zero-order valence-corrected chi connectivity index (χ0v) is 20.7. The van der Waals surface area contributed by atoms with Gasteiger partial charge in [-0.15, -0.1) is 21.5 Å². The predicted octanol–water partition coefficient (Wildman–Crippen LogP) is 5.44. The van der Waals surface area contributed by atoms with Crippen LogP contribution in [0.1, 0.15) is 38.2 Å². The number of carbonyl (C=O) groups excluding carboxylic acids is 1. The van der Waals surface area contributed by atoms with E-state index in [4.69, 9.17) is 4.42 Å². The Bertz CT molecular complexity index is 1390. The van der Waals surface area contributed by atoms with E-state index in [1.807, 2.05) is 24.3 Å². The Kier molecular flexibility index (Phi) is 7.06. The molecule has 35 heavy (non-hydrogen) atoms. The molecule has 5 rings (SSSR count). The molecule has 7 nitrogen and oxygen atoms in total. The minimum absolute atomic E-state index is 0.220. The molecular formula is C26H23N5O2S2. The summed E-state index contributed by atoms with van der Waals surface area (Å²) in [5.41, 5.74) is 3.80. The molecule has 0 bridgehead atoms. The summed E-state index contributed by atoms with van der Waals surface area (Å²) in [6, 6.07) is 22.2. The number of nitrogens with zero attached hydrogens (tertiary/aromatic N) is 4. The van der Waals surface area contributed by atoms with Crippen molar-refractivity contribution in [3.63, 3.8) is 0 Å². The van der Waals surface area contributed by atoms with Gasteiger partial charge in [-0.05, 0) is 36.8 Å². The van der Waals surface area contributed by atoms with E-state index in [1.165, 1.54) is 22.5 Å². The van der Waals surface area contributed by atoms with Gasteiger partial charge in [0.1, 0.15) is 22.3 Å². The molecule has 9 heteroatoms. The second kappa shape index (κ2) is 10.7. The first-order chi connectivity index (χ1) is 17.2. The maximum Gasteiger partial charge on any atom is 0.271 e. The van der Waals surface area contributed by atoms with Gasteiger partial charge in [-0.3, -0.25) is 9.36 Å². The molecule has 176 valence electrons. The van der Waals surface area contributed by atoms with Crippen LogP contribution in [0.3, 0.4) is 0 Å². The normalized spacial score (nSPS) is 11.0. The molecule has 0 spiro atoms. The number of aryl methyl sites for hydroxylation is 1. The quantitative estimate of drug-likeness (QED) is 0.271. The molecule has 0 unspecified atom stereocenters. The third-order valence-corrected chi connectivity index (χ3v) is 7.28. The van der Waals surface area contributed by atoms with Crippen LogP contribution in [0, 0.1) is 6.92 Å². The van der Waals surface area contributed by atoms with Gasteiger partial charge in [0.15, 0.2) is 5.16 Å². The Hall–Kier alpha value is -3.69. The fourth-order valence-corrected chi connectivity index (χ4v) is 5.28. The second-order valence-corrected chi connectivity index (χ2v) is 9.79. The molecule has 1 N–H and O–H groups in total. The number of furan rings is 1. The number of benzene rings is 2. The second-order valence-electron chi connectivity index (χ2n) is 7.91. The summed E-state index contributed by atoms with van der Waals surface area (Å²) in [4.78, 5) is 16.9. The van der Waals surface area contributed by atoms with Crippen LogP contribution >= 0.6 is 23.1 Å². The Balaban J connectivity index is 1.31. The van der Waals surface area contributed by atoms with Crippen LogP contribution in [0.25, 0.3) is 5.69 Å². The van der Waals surface area contributed by atoms with Crippen molar-refractivity contribution >= 4 is 29.0 Å². The summed E-state index contributed by atoms with van der Waals surface area (Å²) in [6.07, 6.45) is 2.26. The molecule has 1 amide bonds. The fourth-order valence-electron chi connectivity index (χ4n) is 3.52. The Labute approximate surface area is 211 Å². The van der Waals surface area contributed by atoms with Crippen molar-refractivity contribution in [2.75, 3.05) is 0 Å². The van der Waals surface area contributed by atoms with E-state index < -0.39 is 0 Å². The third kappa shape index (κ3) is 5.70. The lowest BCUT2D eigenvalue weighted by Gasteiger charge is -2.10. The summed E-state index contributed by atoms with van der Waals surface area (Å²) in [6.45, 7) is 2.40. The standard InChI is InChI=1S/C26H23N5O2S2/c1-18-9-11-20(12-10-18)31-23(14-19-6-3-2-4-7-19)29-30-26(31)35-17-24-28-22(16-34-24)25(32)27-15-21-8-5-13-33-21/h2-13,16H,14-15,17H2,1H3,(H,27,32). The van der Waals surface area contributed by atoms with E-state index in [-0.39, 0.29) is 5.91 Å². The zero-order valence-electron chi connectivity index (χ0n) is 19.0. The number of carbonyl (C=O) groups is 1. The summed E-state index contributed by atoms with van der Waals surface area (Å²) < 4.78 is 7.35. The van der Waals surface area contributed by atoms with E-state index >= 15 is 0 Å². The van der Waals surface area contributed by atoms with Crippen LogP contribution in [0.4, 0.5) is 0 Å². The van der Waals surface area contributed by atoms with Crippen molar-refractivity contribution in [1.82, 2.24) is 25.1 Å². The van der Waals surface area contributed by atoms with Crippen molar-refractivity contribution in [3.05, 3.63) is 112 Å². The maximum absolute atomic E-state index is 12.4. The lowest BCUT2D eigenvalue weighted by atomic mass is 10.1. The summed E-state index contributed by atoms with van der Waals surface area (Å²) in [7, 11) is 0. The molecule has 0 aliphatic carbocycles. The Morgan fingerprint density at radius 2 is 1.89 bits per heavy atom. The highest BCUT2D eigenvalue weighted by molar-refractivity contribution is 7.98. The Morgan fingerprint density at radius 1 is 1.06 bits per heavy atom. The van der Waals surface area contributed by atoms with Crippen LogP contribution < -0.4 is 5.32 Å². The lowest BCUT2D eigenvalue weighted by Crippen LogP contribution is -2.22. The lowest BCUT2D eigenvalue weighted by molar-refractivity contribution is 0.0943. The van der Waals surface area contributed by atoms with Crippen LogP contribution in [0.15, 0.2) is 87.9 Å². The molecule has 5 aromatic rings. The first-order valence-electron chi connectivity index (χ1n) is 11.1. The highest BCUT2D eigenvalue weighted by atomic mass is 32.2.